The van der Waals surface area contributed by atoms with Crippen molar-refractivity contribution in [2.45, 2.75) is 32.2 Å². The van der Waals surface area contributed by atoms with Gasteiger partial charge in [-0.05, 0) is 44.4 Å². The Balaban J connectivity index is 1.50. The number of rotatable bonds is 4. The summed E-state index contributed by atoms with van der Waals surface area (Å²) in [6, 6.07) is 7.41. The van der Waals surface area contributed by atoms with Crippen LogP contribution < -0.4 is 15.8 Å². The molecule has 3 aromatic heterocycles. The molecule has 3 aromatic rings. The number of piperidine rings is 1. The molecule has 0 radical (unpaired) electrons. The van der Waals surface area contributed by atoms with Crippen LogP contribution in [0.2, 0.25) is 0 Å². The Morgan fingerprint density at radius 2 is 2.16 bits per heavy atom. The fourth-order valence-electron chi connectivity index (χ4n) is 3.22. The highest BCUT2D eigenvalue weighted by atomic mass is 16.1. The lowest BCUT2D eigenvalue weighted by atomic mass is 10.0. The molecule has 0 saturated carbocycles. The van der Waals surface area contributed by atoms with Crippen molar-refractivity contribution in [1.82, 2.24) is 30.0 Å². The van der Waals surface area contributed by atoms with E-state index in [1.165, 1.54) is 12.5 Å². The quantitative estimate of drug-likeness (QED) is 0.730. The van der Waals surface area contributed by atoms with Gasteiger partial charge in [0.2, 0.25) is 0 Å². The molecule has 1 aliphatic rings. The lowest BCUT2D eigenvalue weighted by molar-refractivity contribution is 0.467. The number of aromatic amines is 1. The van der Waals surface area contributed by atoms with E-state index in [0.29, 0.717) is 6.04 Å². The highest BCUT2D eigenvalue weighted by Gasteiger charge is 2.23. The van der Waals surface area contributed by atoms with Crippen LogP contribution in [0.3, 0.4) is 0 Å². The van der Waals surface area contributed by atoms with Crippen molar-refractivity contribution in [2.24, 2.45) is 0 Å². The molecule has 1 fully saturated rings. The van der Waals surface area contributed by atoms with Crippen molar-refractivity contribution >= 4 is 17.3 Å². The molecular formula is C16H20N8O. The summed E-state index contributed by atoms with van der Waals surface area (Å²) < 4.78 is 1.73. The first-order chi connectivity index (χ1) is 12.2. The van der Waals surface area contributed by atoms with Gasteiger partial charge in [-0.2, -0.15) is 9.61 Å². The minimum atomic E-state index is -0.183. The summed E-state index contributed by atoms with van der Waals surface area (Å²) in [6.45, 7) is 3.56. The lowest BCUT2D eigenvalue weighted by Crippen LogP contribution is -2.44. The molecule has 4 rings (SSSR count). The average molecular weight is 340 g/mol. The van der Waals surface area contributed by atoms with E-state index < -0.39 is 0 Å². The van der Waals surface area contributed by atoms with E-state index in [1.807, 2.05) is 19.1 Å². The molecule has 2 N–H and O–H groups in total. The van der Waals surface area contributed by atoms with Gasteiger partial charge in [-0.1, -0.05) is 0 Å². The van der Waals surface area contributed by atoms with Gasteiger partial charge >= 0.3 is 0 Å². The molecule has 0 spiro atoms. The van der Waals surface area contributed by atoms with Crippen molar-refractivity contribution < 1.29 is 0 Å². The Morgan fingerprint density at radius 1 is 1.24 bits per heavy atom. The number of nitrogens with one attached hydrogen (secondary N) is 2. The lowest BCUT2D eigenvalue weighted by Gasteiger charge is -2.36. The molecule has 0 amide bonds. The molecule has 4 heterocycles. The van der Waals surface area contributed by atoms with Crippen molar-refractivity contribution in [3.05, 3.63) is 40.4 Å². The third-order valence-electron chi connectivity index (χ3n) is 4.52. The van der Waals surface area contributed by atoms with Crippen molar-refractivity contribution in [3.8, 4) is 0 Å². The van der Waals surface area contributed by atoms with Gasteiger partial charge in [-0.3, -0.25) is 4.79 Å². The van der Waals surface area contributed by atoms with Crippen LogP contribution in [-0.4, -0.2) is 49.1 Å². The number of H-pyrrole nitrogens is 1. The average Bonchev–Trinajstić information content (AvgIpc) is 3.02. The first-order valence-corrected chi connectivity index (χ1v) is 8.46. The number of hydrogen-bond acceptors (Lipinski definition) is 7. The maximum atomic E-state index is 11.2. The number of fused-ring (bicyclic) bond motifs is 1. The van der Waals surface area contributed by atoms with Gasteiger partial charge in [-0.25, -0.2) is 5.10 Å². The second kappa shape index (κ2) is 6.50. The third kappa shape index (κ3) is 3.17. The van der Waals surface area contributed by atoms with Gasteiger partial charge in [-0.15, -0.1) is 15.3 Å². The van der Waals surface area contributed by atoms with E-state index in [-0.39, 0.29) is 5.56 Å². The predicted octanol–water partition coefficient (Wildman–Crippen LogP) is 0.987. The summed E-state index contributed by atoms with van der Waals surface area (Å²) in [5.74, 6) is 2.36. The zero-order chi connectivity index (χ0) is 17.2. The molecule has 9 nitrogen and oxygen atoms in total. The Kier molecular flexibility index (Phi) is 4.04. The topological polar surface area (TPSA) is 104 Å². The molecule has 0 aliphatic carbocycles. The monoisotopic (exact) mass is 340 g/mol. The van der Waals surface area contributed by atoms with E-state index in [0.717, 1.165) is 49.0 Å². The fourth-order valence-corrected chi connectivity index (χ4v) is 3.22. The van der Waals surface area contributed by atoms with Crippen LogP contribution >= 0.6 is 0 Å². The molecule has 1 aliphatic heterocycles. The van der Waals surface area contributed by atoms with Crippen LogP contribution in [0.4, 0.5) is 11.6 Å². The van der Waals surface area contributed by atoms with Crippen molar-refractivity contribution in [2.75, 3.05) is 23.3 Å². The van der Waals surface area contributed by atoms with E-state index in [2.05, 4.69) is 35.7 Å². The summed E-state index contributed by atoms with van der Waals surface area (Å²) in [5.41, 5.74) is 0.553. The number of anilines is 2. The smallest absolute Gasteiger partial charge is 0.264 e. The van der Waals surface area contributed by atoms with Crippen LogP contribution in [0.1, 0.15) is 25.1 Å². The van der Waals surface area contributed by atoms with E-state index >= 15 is 0 Å². The number of nitrogens with zero attached hydrogens (tertiary/aromatic N) is 6. The molecule has 1 unspecified atom stereocenters. The van der Waals surface area contributed by atoms with Gasteiger partial charge in [0.15, 0.2) is 11.5 Å². The molecule has 9 heteroatoms. The fraction of sp³-hybridized carbons (Fsp3) is 0.438. The highest BCUT2D eigenvalue weighted by Crippen LogP contribution is 2.22. The van der Waals surface area contributed by atoms with Crippen molar-refractivity contribution in [3.63, 3.8) is 0 Å². The molecule has 0 aromatic carbocycles. The SMILES string of the molecule is Cc1nnc2ccc(NCC3CCCCN3c3ccc(=O)[nH]n3)nn12. The summed E-state index contributed by atoms with van der Waals surface area (Å²) in [7, 11) is 0. The van der Waals surface area contributed by atoms with E-state index in [9.17, 15) is 4.79 Å². The van der Waals surface area contributed by atoms with Crippen LogP contribution in [0.5, 0.6) is 0 Å². The summed E-state index contributed by atoms with van der Waals surface area (Å²) >= 11 is 0. The van der Waals surface area contributed by atoms with Crippen molar-refractivity contribution in [1.29, 1.82) is 0 Å². The van der Waals surface area contributed by atoms with E-state index in [1.54, 1.807) is 10.6 Å². The second-order valence-corrected chi connectivity index (χ2v) is 6.24. The van der Waals surface area contributed by atoms with Crippen LogP contribution in [-0.2, 0) is 0 Å². The Bertz CT molecular complexity index is 913. The molecule has 25 heavy (non-hydrogen) atoms. The maximum Gasteiger partial charge on any atom is 0.264 e. The van der Waals surface area contributed by atoms with Crippen LogP contribution in [0.15, 0.2) is 29.1 Å². The Hall–Kier alpha value is -2.97. The predicted molar refractivity (Wildman–Crippen MR) is 93.9 cm³/mol. The summed E-state index contributed by atoms with van der Waals surface area (Å²) in [4.78, 5) is 13.5. The second-order valence-electron chi connectivity index (χ2n) is 6.24. The zero-order valence-electron chi connectivity index (χ0n) is 14.0. The first kappa shape index (κ1) is 15.6. The van der Waals surface area contributed by atoms with E-state index in [4.69, 9.17) is 0 Å². The van der Waals surface area contributed by atoms with Crippen LogP contribution in [0.25, 0.3) is 5.65 Å². The van der Waals surface area contributed by atoms with Gasteiger partial charge in [0.25, 0.3) is 5.56 Å². The molecule has 1 atom stereocenters. The number of aromatic nitrogens is 6. The minimum Gasteiger partial charge on any atom is -0.367 e. The van der Waals surface area contributed by atoms with Gasteiger partial charge < -0.3 is 10.2 Å². The Morgan fingerprint density at radius 3 is 3.00 bits per heavy atom. The summed E-state index contributed by atoms with van der Waals surface area (Å²) in [5, 5.41) is 22.7. The van der Waals surface area contributed by atoms with Gasteiger partial charge in [0.05, 0.1) is 0 Å². The standard InChI is InChI=1S/C16H20N8O/c1-11-18-20-15-6-5-13(22-24(11)15)17-10-12-4-2-3-9-23(12)14-7-8-16(25)21-19-14/h5-8,12H,2-4,9-10H2,1H3,(H,17,22)(H,21,25). The Labute approximate surface area is 144 Å². The summed E-state index contributed by atoms with van der Waals surface area (Å²) in [6.07, 6.45) is 3.38. The largest absolute Gasteiger partial charge is 0.367 e. The molecular weight excluding hydrogens is 320 g/mol. The van der Waals surface area contributed by atoms with Crippen LogP contribution in [0, 0.1) is 6.92 Å². The number of aryl methyl sites for hydroxylation is 1. The van der Waals surface area contributed by atoms with Gasteiger partial charge in [0, 0.05) is 25.2 Å². The third-order valence-corrected chi connectivity index (χ3v) is 4.52. The molecule has 1 saturated heterocycles. The number of hydrogen-bond donors (Lipinski definition) is 2. The zero-order valence-corrected chi connectivity index (χ0v) is 14.0. The molecule has 130 valence electrons. The first-order valence-electron chi connectivity index (χ1n) is 8.46. The minimum absolute atomic E-state index is 0.183. The maximum absolute atomic E-state index is 11.2. The highest BCUT2D eigenvalue weighted by molar-refractivity contribution is 5.45. The molecule has 0 bridgehead atoms. The van der Waals surface area contributed by atoms with Gasteiger partial charge in [0.1, 0.15) is 11.6 Å². The normalized spacial score (nSPS) is 17.8.